The van der Waals surface area contributed by atoms with Crippen molar-refractivity contribution in [2.75, 3.05) is 54.4 Å². The number of likely N-dealkylation sites (N-methyl/N-ethyl adjacent to an activating group) is 4. The van der Waals surface area contributed by atoms with E-state index in [1.807, 2.05) is 0 Å². The van der Waals surface area contributed by atoms with Crippen molar-refractivity contribution in [3.63, 3.8) is 0 Å². The van der Waals surface area contributed by atoms with E-state index in [2.05, 4.69) is 185 Å². The number of halogens is 2. The van der Waals surface area contributed by atoms with Crippen LogP contribution in [0.1, 0.15) is 39.5 Å². The van der Waals surface area contributed by atoms with Gasteiger partial charge in [-0.2, -0.15) is 0 Å². The smallest absolute Gasteiger partial charge is 0.0734 e. The molecule has 3 aromatic heterocycles. The third kappa shape index (κ3) is 7.97. The number of rotatable bonds is 4. The Morgan fingerprint density at radius 3 is 1.56 bits per heavy atom. The Labute approximate surface area is 364 Å². The van der Waals surface area contributed by atoms with Gasteiger partial charge in [0.05, 0.1) is 40.4 Å². The zero-order chi connectivity index (χ0) is 35.3. The second kappa shape index (κ2) is 16.7. The van der Waals surface area contributed by atoms with Crippen LogP contribution in [0.25, 0.3) is 68.8 Å². The molecular weight excluding hydrogens is 886 g/mol. The average molecular weight is 929 g/mol. The second-order valence-electron chi connectivity index (χ2n) is 14.3. The summed E-state index contributed by atoms with van der Waals surface area (Å²) in [5, 5.41) is 0. The van der Waals surface area contributed by atoms with E-state index in [1.54, 1.807) is 0 Å². The van der Waals surface area contributed by atoms with Crippen molar-refractivity contribution in [1.82, 2.24) is 39.1 Å². The van der Waals surface area contributed by atoms with Gasteiger partial charge in [-0.15, -0.1) is 0 Å². The van der Waals surface area contributed by atoms with Gasteiger partial charge in [0.25, 0.3) is 0 Å². The van der Waals surface area contributed by atoms with Gasteiger partial charge in [-0.05, 0) is 127 Å². The van der Waals surface area contributed by atoms with Crippen LogP contribution in [-0.4, -0.2) is 93.5 Å². The minimum Gasteiger partial charge on any atom is -1.00 e. The van der Waals surface area contributed by atoms with Crippen LogP contribution in [0.5, 0.6) is 0 Å². The number of H-pyrrole nitrogens is 1. The molecule has 3 aromatic rings. The molecule has 0 saturated heterocycles. The van der Waals surface area contributed by atoms with Gasteiger partial charge in [-0.25, -0.2) is 9.97 Å². The zero-order valence-corrected chi connectivity index (χ0v) is 34.3. The number of hydrogen-bond donors (Lipinski definition) is 1. The molecule has 6 aliphatic rings. The third-order valence-corrected chi connectivity index (χ3v) is 10.1. The van der Waals surface area contributed by atoms with Gasteiger partial charge in [0.15, 0.2) is 0 Å². The van der Waals surface area contributed by atoms with Gasteiger partial charge in [0, 0.05) is 118 Å². The average Bonchev–Trinajstić information content (AvgIpc) is 3.93. The maximum absolute atomic E-state index is 5.39. The quantitative estimate of drug-likeness (QED) is 0.298. The molecule has 8 bridgehead atoms. The molecule has 9 rings (SSSR count). The molecule has 1 N–H and O–H groups in total. The van der Waals surface area contributed by atoms with E-state index in [0.717, 1.165) is 76.6 Å². The summed E-state index contributed by atoms with van der Waals surface area (Å²) in [6.07, 6.45) is 35.0. The molecule has 8 nitrogen and oxygen atoms in total. The van der Waals surface area contributed by atoms with Gasteiger partial charge in [0.2, 0.25) is 0 Å². The number of allylic oxidation sites excluding steroid dienone is 8. The van der Waals surface area contributed by atoms with Crippen molar-refractivity contribution in [2.45, 2.75) is 0 Å². The van der Waals surface area contributed by atoms with Crippen LogP contribution in [0.2, 0.25) is 0 Å². The first-order valence-corrected chi connectivity index (χ1v) is 17.9. The molecule has 1 radical (unpaired) electrons. The summed E-state index contributed by atoms with van der Waals surface area (Å²) < 4.78 is 2.52. The van der Waals surface area contributed by atoms with Crippen molar-refractivity contribution < 1.29 is 61.7 Å². The molecule has 55 heavy (non-hydrogen) atoms. The fourth-order valence-electron chi connectivity index (χ4n) is 7.88. The Morgan fingerprint density at radius 2 is 1.00 bits per heavy atom. The Kier molecular flexibility index (Phi) is 12.2. The Bertz CT molecular complexity index is 2500. The third-order valence-electron chi connectivity index (χ3n) is 10.1. The largest absolute Gasteiger partial charge is 1.00 e. The van der Waals surface area contributed by atoms with Crippen LogP contribution in [0.3, 0.4) is 0 Å². The molecule has 0 atom stereocenters. The van der Waals surface area contributed by atoms with Crippen molar-refractivity contribution in [2.24, 2.45) is 0 Å². The van der Waals surface area contributed by atoms with Crippen LogP contribution >= 0.6 is 0 Å². The first-order chi connectivity index (χ1) is 25.4. The first kappa shape index (κ1) is 40.2. The summed E-state index contributed by atoms with van der Waals surface area (Å²) in [5.41, 5.74) is 16.5. The number of fused-ring (bicyclic) bond motifs is 8. The molecule has 11 heteroatoms. The van der Waals surface area contributed by atoms with E-state index < -0.39 is 0 Å². The summed E-state index contributed by atoms with van der Waals surface area (Å²) in [5.74, 6) is 0. The standard InChI is InChI=1S/C44H42N8.2ClH.Lu/c1-48-19-5-9-30(26-48)41-39-18-17-36(47-39)24-35-14-13-33(45-35)23-34-15-16-37(46-34)25-40-42(31-10-6-20-49(2)27-31)43(32-11-7-21-50(3)28-32)44(41)52(40)38-12-8-22-51(4)29-38;;;/h5-25,45H,26-29H2,1-4H3;2*1H;/p-2. The molecule has 0 unspecified atom stereocenters. The van der Waals surface area contributed by atoms with E-state index in [-0.39, 0.29) is 61.7 Å². The monoisotopic (exact) mass is 927 g/mol. The van der Waals surface area contributed by atoms with Gasteiger partial charge in [-0.3, -0.25) is 0 Å². The second-order valence-corrected chi connectivity index (χ2v) is 14.3. The SMILES string of the molecule is CN1C=CC=C(c2c(C3=CC=CN(C)C3)c3c(C4=CC=CN(C)C4)c4nc(cc5ccc(cc6nc(cc2n3C2=CC=CN(C)C2)C=C6)[nH]5)C=C4)C1.[Cl-].[Cl-].[Lu]. The topological polar surface area (TPSA) is 59.5 Å². The molecule has 0 amide bonds. The molecule has 0 fully saturated rings. The minimum atomic E-state index is 0. The van der Waals surface area contributed by atoms with Crippen LogP contribution < -0.4 is 24.8 Å². The van der Waals surface area contributed by atoms with Crippen LogP contribution in [-0.2, 0) is 0 Å². The number of hydrogen-bond acceptors (Lipinski definition) is 6. The molecule has 9 heterocycles. The van der Waals surface area contributed by atoms with Crippen LogP contribution in [0.15, 0.2) is 104 Å². The van der Waals surface area contributed by atoms with Crippen molar-refractivity contribution in [1.29, 1.82) is 0 Å². The zero-order valence-electron chi connectivity index (χ0n) is 31.1. The molecule has 0 saturated carbocycles. The van der Waals surface area contributed by atoms with E-state index in [1.165, 1.54) is 33.5 Å². The summed E-state index contributed by atoms with van der Waals surface area (Å²) in [7, 11) is 8.59. The van der Waals surface area contributed by atoms with Crippen molar-refractivity contribution in [3.8, 4) is 0 Å². The number of nitrogens with zero attached hydrogens (tertiary/aromatic N) is 7. The summed E-state index contributed by atoms with van der Waals surface area (Å²) in [4.78, 5) is 23.1. The summed E-state index contributed by atoms with van der Waals surface area (Å²) >= 11 is 0. The van der Waals surface area contributed by atoms with E-state index in [9.17, 15) is 0 Å². The Hall–Kier alpha value is -4.47. The number of nitrogens with one attached hydrogen (secondary N) is 1. The van der Waals surface area contributed by atoms with Crippen molar-refractivity contribution >= 4 is 68.8 Å². The first-order valence-electron chi connectivity index (χ1n) is 17.9. The molecule has 289 valence electrons. The summed E-state index contributed by atoms with van der Waals surface area (Å²) in [6, 6.07) is 10.7. The molecule has 6 aliphatic heterocycles. The van der Waals surface area contributed by atoms with Crippen LogP contribution in [0.4, 0.5) is 0 Å². The fourth-order valence-corrected chi connectivity index (χ4v) is 7.88. The normalized spacial score (nSPS) is 16.9. The maximum atomic E-state index is 5.39. The van der Waals surface area contributed by atoms with Crippen molar-refractivity contribution in [3.05, 3.63) is 143 Å². The van der Waals surface area contributed by atoms with Crippen LogP contribution in [0, 0.1) is 36.9 Å². The van der Waals surface area contributed by atoms with E-state index in [0.29, 0.717) is 0 Å². The van der Waals surface area contributed by atoms with Gasteiger partial charge >= 0.3 is 0 Å². The number of aromatic nitrogens is 4. The Morgan fingerprint density at radius 1 is 0.527 bits per heavy atom. The maximum Gasteiger partial charge on any atom is 0.0734 e. The van der Waals surface area contributed by atoms with Gasteiger partial charge in [0.1, 0.15) is 0 Å². The Balaban J connectivity index is 0.00000171. The molecule has 0 spiro atoms. The van der Waals surface area contributed by atoms with E-state index >= 15 is 0 Å². The molecule has 0 aromatic carbocycles. The molecular formula is C44H42Cl2LuN8-2. The minimum absolute atomic E-state index is 0. The predicted molar refractivity (Wildman–Crippen MR) is 218 cm³/mol. The molecule has 0 aliphatic carbocycles. The number of aromatic amines is 1. The summed E-state index contributed by atoms with van der Waals surface area (Å²) in [6.45, 7) is 3.06. The van der Waals surface area contributed by atoms with E-state index in [4.69, 9.17) is 9.97 Å². The predicted octanol–water partition coefficient (Wildman–Crippen LogP) is 1.96. The fraction of sp³-hybridized carbons (Fsp3) is 0.182. The van der Waals surface area contributed by atoms with Gasteiger partial charge in [-0.1, -0.05) is 18.2 Å². The van der Waals surface area contributed by atoms with Gasteiger partial charge < -0.3 is 54.0 Å².